The molecule has 0 saturated carbocycles. The molecular weight excluding hydrogens is 252 g/mol. The largest absolute Gasteiger partial charge is 0.466 e. The maximum absolute atomic E-state index is 12.7. The molecular formula is C11H12ClF2NO2. The van der Waals surface area contributed by atoms with Gasteiger partial charge in [0.1, 0.15) is 5.69 Å². The third-order valence-electron chi connectivity index (χ3n) is 2.15. The van der Waals surface area contributed by atoms with E-state index in [1.54, 1.807) is 13.8 Å². The SMILES string of the molecule is CCOC(=O)Cc1c(C(F)F)ncc(C)c1Cl. The standard InChI is InChI=1S/C11H12ClF2NO2/c1-3-17-8(16)4-7-9(12)6(2)5-15-10(7)11(13)14/h5,11H,3-4H2,1-2H3. The quantitative estimate of drug-likeness (QED) is 0.784. The van der Waals surface area contributed by atoms with E-state index in [-0.39, 0.29) is 23.6 Å². The maximum atomic E-state index is 12.7. The van der Waals surface area contributed by atoms with Crippen molar-refractivity contribution in [2.45, 2.75) is 26.7 Å². The summed E-state index contributed by atoms with van der Waals surface area (Å²) in [7, 11) is 0. The zero-order chi connectivity index (χ0) is 13.0. The summed E-state index contributed by atoms with van der Waals surface area (Å²) in [6.07, 6.45) is -1.79. The van der Waals surface area contributed by atoms with Gasteiger partial charge in [0.05, 0.1) is 18.1 Å². The number of aryl methyl sites for hydroxylation is 1. The van der Waals surface area contributed by atoms with Gasteiger partial charge in [0.15, 0.2) is 0 Å². The molecule has 0 aliphatic heterocycles. The van der Waals surface area contributed by atoms with Crippen molar-refractivity contribution >= 4 is 17.6 Å². The predicted molar refractivity (Wildman–Crippen MR) is 59.3 cm³/mol. The first kappa shape index (κ1) is 13.8. The lowest BCUT2D eigenvalue weighted by molar-refractivity contribution is -0.142. The minimum atomic E-state index is -2.77. The summed E-state index contributed by atoms with van der Waals surface area (Å²) in [6.45, 7) is 3.47. The van der Waals surface area contributed by atoms with Crippen LogP contribution in [-0.4, -0.2) is 17.6 Å². The third kappa shape index (κ3) is 3.36. The molecule has 0 radical (unpaired) electrons. The number of nitrogens with zero attached hydrogens (tertiary/aromatic N) is 1. The summed E-state index contributed by atoms with van der Waals surface area (Å²) in [6, 6.07) is 0. The molecule has 1 aromatic rings. The number of halogens is 3. The first-order valence-corrected chi connectivity index (χ1v) is 5.42. The average Bonchev–Trinajstić information content (AvgIpc) is 2.25. The van der Waals surface area contributed by atoms with Crippen molar-refractivity contribution in [3.05, 3.63) is 28.0 Å². The van der Waals surface area contributed by atoms with E-state index in [4.69, 9.17) is 16.3 Å². The van der Waals surface area contributed by atoms with Crippen molar-refractivity contribution in [2.75, 3.05) is 6.61 Å². The number of hydrogen-bond acceptors (Lipinski definition) is 3. The lowest BCUT2D eigenvalue weighted by atomic mass is 10.1. The molecule has 1 aromatic heterocycles. The molecule has 0 saturated heterocycles. The second kappa shape index (κ2) is 5.91. The first-order valence-electron chi connectivity index (χ1n) is 5.05. The molecule has 1 heterocycles. The molecule has 94 valence electrons. The van der Waals surface area contributed by atoms with Crippen LogP contribution in [0.3, 0.4) is 0 Å². The molecule has 0 spiro atoms. The van der Waals surface area contributed by atoms with Gasteiger partial charge in [0.2, 0.25) is 0 Å². The van der Waals surface area contributed by atoms with Crippen molar-refractivity contribution in [3.63, 3.8) is 0 Å². The van der Waals surface area contributed by atoms with Gasteiger partial charge in [0.25, 0.3) is 6.43 Å². The average molecular weight is 264 g/mol. The number of esters is 1. The Morgan fingerprint density at radius 2 is 2.24 bits per heavy atom. The highest BCUT2D eigenvalue weighted by atomic mass is 35.5. The van der Waals surface area contributed by atoms with Gasteiger partial charge in [-0.25, -0.2) is 8.78 Å². The van der Waals surface area contributed by atoms with Crippen molar-refractivity contribution in [1.82, 2.24) is 4.98 Å². The molecule has 3 nitrogen and oxygen atoms in total. The molecule has 0 aromatic carbocycles. The molecule has 0 atom stereocenters. The number of carbonyl (C=O) groups is 1. The molecule has 17 heavy (non-hydrogen) atoms. The van der Waals surface area contributed by atoms with E-state index in [2.05, 4.69) is 4.98 Å². The van der Waals surface area contributed by atoms with Crippen molar-refractivity contribution < 1.29 is 18.3 Å². The first-order chi connectivity index (χ1) is 7.97. The molecule has 1 rings (SSSR count). The number of ether oxygens (including phenoxy) is 1. The van der Waals surface area contributed by atoms with E-state index < -0.39 is 18.1 Å². The maximum Gasteiger partial charge on any atom is 0.310 e. The predicted octanol–water partition coefficient (Wildman–Crippen LogP) is 3.09. The summed E-state index contributed by atoms with van der Waals surface area (Å²) >= 11 is 5.91. The normalized spacial score (nSPS) is 10.7. The van der Waals surface area contributed by atoms with E-state index in [0.717, 1.165) is 0 Å². The Kier molecular flexibility index (Phi) is 4.81. The van der Waals surface area contributed by atoms with Crippen molar-refractivity contribution in [3.8, 4) is 0 Å². The second-order valence-corrected chi connectivity index (χ2v) is 3.78. The summed E-state index contributed by atoms with van der Waals surface area (Å²) in [5.41, 5.74) is 0.129. The van der Waals surface area contributed by atoms with Gasteiger partial charge in [-0.15, -0.1) is 0 Å². The van der Waals surface area contributed by atoms with E-state index >= 15 is 0 Å². The van der Waals surface area contributed by atoms with Crippen molar-refractivity contribution in [2.24, 2.45) is 0 Å². The summed E-state index contributed by atoms with van der Waals surface area (Å²) < 4.78 is 30.1. The van der Waals surface area contributed by atoms with E-state index in [1.165, 1.54) is 6.20 Å². The molecule has 0 aliphatic carbocycles. The number of carbonyl (C=O) groups excluding carboxylic acids is 1. The lowest BCUT2D eigenvalue weighted by Gasteiger charge is -2.11. The van der Waals surface area contributed by atoms with Gasteiger partial charge in [-0.05, 0) is 19.4 Å². The molecule has 6 heteroatoms. The van der Waals surface area contributed by atoms with Gasteiger partial charge in [-0.1, -0.05) is 11.6 Å². The number of alkyl halides is 2. The Bertz CT molecular complexity index is 424. The van der Waals surface area contributed by atoms with Crippen LogP contribution >= 0.6 is 11.6 Å². The van der Waals surface area contributed by atoms with Crippen LogP contribution in [0.25, 0.3) is 0 Å². The van der Waals surface area contributed by atoms with Crippen LogP contribution in [0.1, 0.15) is 30.2 Å². The highest BCUT2D eigenvalue weighted by Crippen LogP contribution is 2.29. The topological polar surface area (TPSA) is 39.2 Å². The fraction of sp³-hybridized carbons (Fsp3) is 0.455. The van der Waals surface area contributed by atoms with Crippen LogP contribution in [0, 0.1) is 6.92 Å². The number of pyridine rings is 1. The summed E-state index contributed by atoms with van der Waals surface area (Å²) in [5.74, 6) is -0.594. The Balaban J connectivity index is 3.10. The Morgan fingerprint density at radius 1 is 1.59 bits per heavy atom. The van der Waals surface area contributed by atoms with Gasteiger partial charge in [0, 0.05) is 11.8 Å². The number of aromatic nitrogens is 1. The number of hydrogen-bond donors (Lipinski definition) is 0. The van der Waals surface area contributed by atoms with Crippen LogP contribution in [0.5, 0.6) is 0 Å². The summed E-state index contributed by atoms with van der Waals surface area (Å²) in [4.78, 5) is 14.9. The smallest absolute Gasteiger partial charge is 0.310 e. The Morgan fingerprint density at radius 3 is 2.76 bits per heavy atom. The monoisotopic (exact) mass is 263 g/mol. The second-order valence-electron chi connectivity index (χ2n) is 3.40. The Hall–Kier alpha value is -1.23. The van der Waals surface area contributed by atoms with Gasteiger partial charge >= 0.3 is 5.97 Å². The molecule has 0 amide bonds. The van der Waals surface area contributed by atoms with Crippen LogP contribution < -0.4 is 0 Å². The highest BCUT2D eigenvalue weighted by molar-refractivity contribution is 6.32. The zero-order valence-electron chi connectivity index (χ0n) is 9.47. The fourth-order valence-corrected chi connectivity index (χ4v) is 1.58. The molecule has 0 fully saturated rings. The van der Waals surface area contributed by atoms with Crippen LogP contribution in [0.15, 0.2) is 6.20 Å². The molecule has 0 N–H and O–H groups in total. The fourth-order valence-electron chi connectivity index (χ4n) is 1.36. The van der Waals surface area contributed by atoms with E-state index in [0.29, 0.717) is 5.56 Å². The van der Waals surface area contributed by atoms with Gasteiger partial charge in [-0.2, -0.15) is 0 Å². The highest BCUT2D eigenvalue weighted by Gasteiger charge is 2.21. The summed E-state index contributed by atoms with van der Waals surface area (Å²) in [5, 5.41) is 0.142. The lowest BCUT2D eigenvalue weighted by Crippen LogP contribution is -2.11. The Labute approximate surface area is 103 Å². The molecule has 0 unspecified atom stereocenters. The van der Waals surface area contributed by atoms with E-state index in [1.807, 2.05) is 0 Å². The van der Waals surface area contributed by atoms with Gasteiger partial charge in [-0.3, -0.25) is 9.78 Å². The van der Waals surface area contributed by atoms with E-state index in [9.17, 15) is 13.6 Å². The minimum absolute atomic E-state index is 0.0418. The van der Waals surface area contributed by atoms with Crippen LogP contribution in [0.2, 0.25) is 5.02 Å². The van der Waals surface area contributed by atoms with Gasteiger partial charge < -0.3 is 4.74 Å². The zero-order valence-corrected chi connectivity index (χ0v) is 10.2. The third-order valence-corrected chi connectivity index (χ3v) is 2.68. The van der Waals surface area contributed by atoms with Crippen molar-refractivity contribution in [1.29, 1.82) is 0 Å². The molecule has 0 aliphatic rings. The van der Waals surface area contributed by atoms with Crippen LogP contribution in [0.4, 0.5) is 8.78 Å². The number of rotatable bonds is 4. The minimum Gasteiger partial charge on any atom is -0.466 e. The molecule has 0 bridgehead atoms. The van der Waals surface area contributed by atoms with Crippen LogP contribution in [-0.2, 0) is 16.0 Å².